The van der Waals surface area contributed by atoms with Crippen LogP contribution in [0.4, 0.5) is 0 Å². The molecule has 0 radical (unpaired) electrons. The van der Waals surface area contributed by atoms with Crippen molar-refractivity contribution in [2.75, 3.05) is 0 Å². The molecule has 6 heteroatoms. The molecule has 1 rings (SSSR count). The second-order valence-electron chi connectivity index (χ2n) is 1.43. The predicted molar refractivity (Wildman–Crippen MR) is 25.8 cm³/mol. The standard InChI is InChI=1S/C3H5N2O3P/c6-9(7,8)3-1-4-2-5-3/h1-2H,(H,4,5)(H2,6,7,8)/p-2. The van der Waals surface area contributed by atoms with Crippen LogP contribution in [0.2, 0.25) is 0 Å². The van der Waals surface area contributed by atoms with Crippen molar-refractivity contribution in [2.45, 2.75) is 0 Å². The summed E-state index contributed by atoms with van der Waals surface area (Å²) in [5.74, 6) is 0. The van der Waals surface area contributed by atoms with Crippen LogP contribution in [0.5, 0.6) is 0 Å². The summed E-state index contributed by atoms with van der Waals surface area (Å²) in [4.78, 5) is 25.7. The highest BCUT2D eigenvalue weighted by atomic mass is 31.2. The lowest BCUT2D eigenvalue weighted by Gasteiger charge is -2.26. The zero-order chi connectivity index (χ0) is 6.91. The van der Waals surface area contributed by atoms with Crippen molar-refractivity contribution in [3.05, 3.63) is 12.5 Å². The van der Waals surface area contributed by atoms with Gasteiger partial charge in [-0.1, -0.05) is 0 Å². The number of aromatic nitrogens is 2. The SMILES string of the molecule is O=P([O-])([O-])c1cnc[nH]1. The summed E-state index contributed by atoms with van der Waals surface area (Å²) in [6.07, 6.45) is 2.11. The second-order valence-corrected chi connectivity index (χ2v) is 2.91. The van der Waals surface area contributed by atoms with Crippen LogP contribution in [0.1, 0.15) is 0 Å². The molecule has 0 saturated carbocycles. The van der Waals surface area contributed by atoms with E-state index in [0.29, 0.717) is 0 Å². The maximum absolute atomic E-state index is 10.1. The molecule has 0 aromatic carbocycles. The molecular weight excluding hydrogens is 143 g/mol. The van der Waals surface area contributed by atoms with Crippen molar-refractivity contribution in [3.8, 4) is 0 Å². The van der Waals surface area contributed by atoms with Gasteiger partial charge in [0.2, 0.25) is 0 Å². The average Bonchev–Trinajstić information content (AvgIpc) is 2.08. The minimum absolute atomic E-state index is 0.373. The van der Waals surface area contributed by atoms with Gasteiger partial charge in [0, 0.05) is 0 Å². The zero-order valence-electron chi connectivity index (χ0n) is 4.27. The van der Waals surface area contributed by atoms with Crippen LogP contribution < -0.4 is 15.2 Å². The molecule has 1 heterocycles. The highest BCUT2D eigenvalue weighted by Gasteiger charge is 1.94. The van der Waals surface area contributed by atoms with Gasteiger partial charge in [0.25, 0.3) is 0 Å². The number of nitrogens with one attached hydrogen (secondary N) is 1. The predicted octanol–water partition coefficient (Wildman–Crippen LogP) is -2.05. The molecule has 0 spiro atoms. The molecule has 0 fully saturated rings. The van der Waals surface area contributed by atoms with Crippen LogP contribution in [0.15, 0.2) is 12.5 Å². The van der Waals surface area contributed by atoms with E-state index in [1.807, 2.05) is 0 Å². The highest BCUT2D eigenvalue weighted by Crippen LogP contribution is 2.18. The summed E-state index contributed by atoms with van der Waals surface area (Å²) in [7, 11) is -4.59. The zero-order valence-corrected chi connectivity index (χ0v) is 5.17. The summed E-state index contributed by atoms with van der Waals surface area (Å²) < 4.78 is 10.1. The fourth-order valence-corrected chi connectivity index (χ4v) is 0.822. The van der Waals surface area contributed by atoms with Gasteiger partial charge in [-0.25, -0.2) is 4.98 Å². The minimum atomic E-state index is -4.59. The number of aromatic amines is 1. The number of H-pyrrole nitrogens is 1. The minimum Gasteiger partial charge on any atom is -0.806 e. The van der Waals surface area contributed by atoms with Gasteiger partial charge in [-0.2, -0.15) is 0 Å². The van der Waals surface area contributed by atoms with Gasteiger partial charge < -0.3 is 19.3 Å². The Hall–Kier alpha value is -0.640. The lowest BCUT2D eigenvalue weighted by molar-refractivity contribution is -0.308. The number of imidazole rings is 1. The van der Waals surface area contributed by atoms with E-state index in [2.05, 4.69) is 9.97 Å². The third-order valence-corrected chi connectivity index (χ3v) is 1.61. The van der Waals surface area contributed by atoms with Crippen LogP contribution in [0, 0.1) is 0 Å². The van der Waals surface area contributed by atoms with E-state index in [1.165, 1.54) is 0 Å². The molecule has 0 saturated heterocycles. The van der Waals surface area contributed by atoms with E-state index in [1.54, 1.807) is 0 Å². The van der Waals surface area contributed by atoms with E-state index in [0.717, 1.165) is 12.5 Å². The van der Waals surface area contributed by atoms with E-state index in [9.17, 15) is 14.4 Å². The molecule has 1 aromatic heterocycles. The number of hydrogen-bond donors (Lipinski definition) is 1. The first kappa shape index (κ1) is 6.48. The van der Waals surface area contributed by atoms with Crippen LogP contribution in [0.3, 0.4) is 0 Å². The van der Waals surface area contributed by atoms with Crippen LogP contribution in [0.25, 0.3) is 0 Å². The smallest absolute Gasteiger partial charge is 0.0924 e. The number of hydrogen-bond acceptors (Lipinski definition) is 4. The third-order valence-electron chi connectivity index (χ3n) is 0.779. The summed E-state index contributed by atoms with van der Waals surface area (Å²) in [6.45, 7) is 0. The molecular formula is C3H3N2O3P-2. The Bertz CT molecular complexity index is 225. The summed E-state index contributed by atoms with van der Waals surface area (Å²) in [5.41, 5.74) is -0.373. The summed E-state index contributed by atoms with van der Waals surface area (Å²) in [6, 6.07) is 0. The van der Waals surface area contributed by atoms with Crippen LogP contribution in [-0.4, -0.2) is 9.97 Å². The molecule has 0 aliphatic heterocycles. The molecule has 0 amide bonds. The first-order chi connectivity index (χ1) is 4.11. The topological polar surface area (TPSA) is 91.9 Å². The molecule has 9 heavy (non-hydrogen) atoms. The van der Waals surface area contributed by atoms with Gasteiger partial charge in [-0.05, 0) is 7.60 Å². The van der Waals surface area contributed by atoms with Gasteiger partial charge in [0.05, 0.1) is 18.0 Å². The molecule has 0 aliphatic carbocycles. The lowest BCUT2D eigenvalue weighted by Crippen LogP contribution is -2.25. The third kappa shape index (κ3) is 1.38. The average molecular weight is 146 g/mol. The summed E-state index contributed by atoms with van der Waals surface area (Å²) >= 11 is 0. The van der Waals surface area contributed by atoms with Crippen molar-refractivity contribution in [3.63, 3.8) is 0 Å². The Kier molecular flexibility index (Phi) is 1.40. The largest absolute Gasteiger partial charge is 0.806 e. The lowest BCUT2D eigenvalue weighted by atomic mass is 11.0. The summed E-state index contributed by atoms with van der Waals surface area (Å²) in [5, 5.41) is 0. The second kappa shape index (κ2) is 1.95. The van der Waals surface area contributed by atoms with E-state index in [4.69, 9.17) is 0 Å². The molecule has 0 bridgehead atoms. The quantitative estimate of drug-likeness (QED) is 0.461. The Labute approximate surface area is 50.9 Å². The van der Waals surface area contributed by atoms with E-state index in [-0.39, 0.29) is 5.44 Å². The van der Waals surface area contributed by atoms with Gasteiger partial charge in [0.1, 0.15) is 0 Å². The van der Waals surface area contributed by atoms with Crippen LogP contribution >= 0.6 is 7.60 Å². The number of rotatable bonds is 1. The van der Waals surface area contributed by atoms with E-state index < -0.39 is 7.60 Å². The van der Waals surface area contributed by atoms with Crippen molar-refractivity contribution in [1.29, 1.82) is 0 Å². The Morgan fingerprint density at radius 2 is 2.33 bits per heavy atom. The van der Waals surface area contributed by atoms with Gasteiger partial charge in [-0.3, -0.25) is 0 Å². The molecule has 0 aliphatic rings. The van der Waals surface area contributed by atoms with Crippen molar-refractivity contribution >= 4 is 13.0 Å². The van der Waals surface area contributed by atoms with Crippen LogP contribution in [-0.2, 0) is 4.57 Å². The molecule has 1 N–H and O–H groups in total. The van der Waals surface area contributed by atoms with Gasteiger partial charge in [0.15, 0.2) is 0 Å². The fourth-order valence-electron chi connectivity index (χ4n) is 0.398. The first-order valence-corrected chi connectivity index (χ1v) is 3.66. The Balaban J connectivity index is 3.04. The van der Waals surface area contributed by atoms with Crippen molar-refractivity contribution in [2.24, 2.45) is 0 Å². The molecule has 50 valence electrons. The molecule has 5 nitrogen and oxygen atoms in total. The Morgan fingerprint density at radius 3 is 2.56 bits per heavy atom. The van der Waals surface area contributed by atoms with Gasteiger partial charge >= 0.3 is 0 Å². The van der Waals surface area contributed by atoms with Gasteiger partial charge in [-0.15, -0.1) is 0 Å². The van der Waals surface area contributed by atoms with Crippen molar-refractivity contribution < 1.29 is 14.4 Å². The molecule has 0 atom stereocenters. The highest BCUT2D eigenvalue weighted by molar-refractivity contribution is 7.57. The monoisotopic (exact) mass is 146 g/mol. The normalized spacial score (nSPS) is 11.8. The van der Waals surface area contributed by atoms with Crippen molar-refractivity contribution in [1.82, 2.24) is 9.97 Å². The maximum atomic E-state index is 10.1. The molecule has 0 unspecified atom stereocenters. The van der Waals surface area contributed by atoms with E-state index >= 15 is 0 Å². The molecule has 1 aromatic rings. The Morgan fingerprint density at radius 1 is 1.67 bits per heavy atom. The maximum Gasteiger partial charge on any atom is 0.0924 e. The fraction of sp³-hybridized carbons (Fsp3) is 0. The first-order valence-electron chi connectivity index (χ1n) is 2.12. The number of nitrogens with zero attached hydrogens (tertiary/aromatic N) is 1.